The van der Waals surface area contributed by atoms with Crippen molar-refractivity contribution < 1.29 is 0 Å². The molecule has 0 saturated carbocycles. The maximum absolute atomic E-state index is 13.3. The van der Waals surface area contributed by atoms with Crippen LogP contribution in [-0.4, -0.2) is 16.1 Å². The second-order valence-corrected chi connectivity index (χ2v) is 7.71. The van der Waals surface area contributed by atoms with Gasteiger partial charge in [0.15, 0.2) is 0 Å². The minimum absolute atomic E-state index is 0.00666. The van der Waals surface area contributed by atoms with Gasteiger partial charge in [0.1, 0.15) is 5.82 Å². The average Bonchev–Trinajstić information content (AvgIpc) is 2.65. The van der Waals surface area contributed by atoms with E-state index in [1.165, 1.54) is 0 Å². The van der Waals surface area contributed by atoms with Gasteiger partial charge in [-0.15, -0.1) is 0 Å². The molecule has 0 spiro atoms. The number of hydrogen-bond donors (Lipinski definition) is 1. The molecule has 0 saturated heterocycles. The van der Waals surface area contributed by atoms with Gasteiger partial charge in [0.25, 0.3) is 5.56 Å². The normalized spacial score (nSPS) is 12.6. The lowest BCUT2D eigenvalue weighted by Gasteiger charge is -2.22. The van der Waals surface area contributed by atoms with E-state index in [0.717, 1.165) is 24.4 Å². The fraction of sp³-hybridized carbons (Fsp3) is 0.364. The summed E-state index contributed by atoms with van der Waals surface area (Å²) in [5.41, 5.74) is 1.70. The summed E-state index contributed by atoms with van der Waals surface area (Å²) >= 11 is 6.14. The SMILES string of the molecule is CCC(NCC(C)C)c1nc2cc(Cl)ccc2c(=O)n1Cc1ccccc1. The summed E-state index contributed by atoms with van der Waals surface area (Å²) in [4.78, 5) is 18.1. The second kappa shape index (κ2) is 8.68. The molecule has 5 heteroatoms. The molecule has 142 valence electrons. The Labute approximate surface area is 165 Å². The first-order valence-electron chi connectivity index (χ1n) is 9.47. The molecule has 0 bridgehead atoms. The van der Waals surface area contributed by atoms with E-state index in [-0.39, 0.29) is 11.6 Å². The molecule has 1 aromatic heterocycles. The summed E-state index contributed by atoms with van der Waals surface area (Å²) in [5, 5.41) is 4.75. The van der Waals surface area contributed by atoms with Crippen LogP contribution in [0.15, 0.2) is 53.3 Å². The molecular weight excluding hydrogens is 358 g/mol. The van der Waals surface area contributed by atoms with Crippen LogP contribution in [0.3, 0.4) is 0 Å². The van der Waals surface area contributed by atoms with Crippen LogP contribution >= 0.6 is 11.6 Å². The third-order valence-electron chi connectivity index (χ3n) is 4.62. The molecule has 3 aromatic rings. The Balaban J connectivity index is 2.15. The molecule has 0 aliphatic heterocycles. The van der Waals surface area contributed by atoms with Gasteiger partial charge in [0.05, 0.1) is 23.5 Å². The van der Waals surface area contributed by atoms with Gasteiger partial charge in [-0.25, -0.2) is 4.98 Å². The molecule has 27 heavy (non-hydrogen) atoms. The Kier molecular flexibility index (Phi) is 6.30. The number of halogens is 1. The van der Waals surface area contributed by atoms with Gasteiger partial charge < -0.3 is 5.32 Å². The monoisotopic (exact) mass is 383 g/mol. The van der Waals surface area contributed by atoms with Crippen molar-refractivity contribution in [2.24, 2.45) is 5.92 Å². The second-order valence-electron chi connectivity index (χ2n) is 7.27. The number of nitrogens with zero attached hydrogens (tertiary/aromatic N) is 2. The van der Waals surface area contributed by atoms with Gasteiger partial charge in [0, 0.05) is 5.02 Å². The number of rotatable bonds is 7. The summed E-state index contributed by atoms with van der Waals surface area (Å²) in [6, 6.07) is 15.3. The first kappa shape index (κ1) is 19.6. The van der Waals surface area contributed by atoms with Gasteiger partial charge >= 0.3 is 0 Å². The number of aromatic nitrogens is 2. The molecule has 0 fully saturated rings. The molecule has 1 heterocycles. The lowest BCUT2D eigenvalue weighted by Crippen LogP contribution is -2.33. The molecule has 1 atom stereocenters. The minimum Gasteiger partial charge on any atom is -0.307 e. The van der Waals surface area contributed by atoms with Crippen LogP contribution in [-0.2, 0) is 6.54 Å². The standard InChI is InChI=1S/C22H26ClN3O/c1-4-19(24-13-15(2)3)21-25-20-12-17(23)10-11-18(20)22(27)26(21)14-16-8-6-5-7-9-16/h5-12,15,19,24H,4,13-14H2,1-3H3. The van der Waals surface area contributed by atoms with E-state index in [4.69, 9.17) is 16.6 Å². The molecule has 1 N–H and O–H groups in total. The van der Waals surface area contributed by atoms with Crippen LogP contribution in [0.5, 0.6) is 0 Å². The summed E-state index contributed by atoms with van der Waals surface area (Å²) in [6.45, 7) is 7.82. The van der Waals surface area contributed by atoms with Crippen molar-refractivity contribution in [3.63, 3.8) is 0 Å². The van der Waals surface area contributed by atoms with Crippen molar-refractivity contribution >= 4 is 22.5 Å². The molecule has 4 nitrogen and oxygen atoms in total. The van der Waals surface area contributed by atoms with E-state index in [0.29, 0.717) is 28.4 Å². The van der Waals surface area contributed by atoms with E-state index in [1.54, 1.807) is 22.8 Å². The molecule has 0 radical (unpaired) electrons. The topological polar surface area (TPSA) is 46.9 Å². The lowest BCUT2D eigenvalue weighted by atomic mass is 10.1. The molecular formula is C22H26ClN3O. The smallest absolute Gasteiger partial charge is 0.261 e. The fourth-order valence-electron chi connectivity index (χ4n) is 3.19. The van der Waals surface area contributed by atoms with E-state index in [2.05, 4.69) is 26.1 Å². The van der Waals surface area contributed by atoms with Crippen molar-refractivity contribution in [1.82, 2.24) is 14.9 Å². The summed E-state index contributed by atoms with van der Waals surface area (Å²) in [6.07, 6.45) is 0.847. The van der Waals surface area contributed by atoms with E-state index in [9.17, 15) is 4.79 Å². The zero-order valence-electron chi connectivity index (χ0n) is 16.1. The predicted molar refractivity (Wildman–Crippen MR) is 112 cm³/mol. The van der Waals surface area contributed by atoms with Crippen LogP contribution in [0.1, 0.15) is 44.6 Å². The van der Waals surface area contributed by atoms with Gasteiger partial charge in [-0.3, -0.25) is 9.36 Å². The summed E-state index contributed by atoms with van der Waals surface area (Å²) < 4.78 is 1.80. The minimum atomic E-state index is -0.0275. The molecule has 0 amide bonds. The van der Waals surface area contributed by atoms with Crippen molar-refractivity contribution in [1.29, 1.82) is 0 Å². The van der Waals surface area contributed by atoms with Gasteiger partial charge in [-0.2, -0.15) is 0 Å². The van der Waals surface area contributed by atoms with Crippen molar-refractivity contribution in [3.05, 3.63) is 75.3 Å². The quantitative estimate of drug-likeness (QED) is 0.637. The molecule has 2 aromatic carbocycles. The average molecular weight is 384 g/mol. The Hall–Kier alpha value is -2.17. The van der Waals surface area contributed by atoms with Crippen LogP contribution in [0.4, 0.5) is 0 Å². The highest BCUT2D eigenvalue weighted by molar-refractivity contribution is 6.31. The van der Waals surface area contributed by atoms with Crippen molar-refractivity contribution in [2.45, 2.75) is 39.8 Å². The Bertz CT molecular complexity index is 966. The van der Waals surface area contributed by atoms with E-state index in [1.807, 2.05) is 30.3 Å². The molecule has 0 aliphatic carbocycles. The number of benzene rings is 2. The van der Waals surface area contributed by atoms with E-state index >= 15 is 0 Å². The van der Waals surface area contributed by atoms with Gasteiger partial charge in [0.2, 0.25) is 0 Å². The Morgan fingerprint density at radius 3 is 2.56 bits per heavy atom. The zero-order chi connectivity index (χ0) is 19.4. The van der Waals surface area contributed by atoms with Crippen LogP contribution in [0.25, 0.3) is 10.9 Å². The summed E-state index contributed by atoms with van der Waals surface area (Å²) in [7, 11) is 0. The maximum Gasteiger partial charge on any atom is 0.261 e. The maximum atomic E-state index is 13.3. The van der Waals surface area contributed by atoms with Gasteiger partial charge in [-0.05, 0) is 42.6 Å². The number of fused-ring (bicyclic) bond motifs is 1. The van der Waals surface area contributed by atoms with Gasteiger partial charge in [-0.1, -0.05) is 62.7 Å². The Morgan fingerprint density at radius 1 is 1.15 bits per heavy atom. The highest BCUT2D eigenvalue weighted by Gasteiger charge is 2.19. The molecule has 1 unspecified atom stereocenters. The molecule has 3 rings (SSSR count). The predicted octanol–water partition coefficient (Wildman–Crippen LogP) is 4.79. The first-order valence-corrected chi connectivity index (χ1v) is 9.84. The van der Waals surface area contributed by atoms with Crippen LogP contribution in [0.2, 0.25) is 5.02 Å². The third-order valence-corrected chi connectivity index (χ3v) is 4.86. The van der Waals surface area contributed by atoms with Crippen LogP contribution < -0.4 is 10.9 Å². The highest BCUT2D eigenvalue weighted by atomic mass is 35.5. The zero-order valence-corrected chi connectivity index (χ0v) is 16.8. The van der Waals surface area contributed by atoms with Crippen molar-refractivity contribution in [3.8, 4) is 0 Å². The molecule has 0 aliphatic rings. The van der Waals surface area contributed by atoms with Crippen LogP contribution in [0, 0.1) is 5.92 Å². The Morgan fingerprint density at radius 2 is 1.89 bits per heavy atom. The largest absolute Gasteiger partial charge is 0.307 e. The van der Waals surface area contributed by atoms with Crippen molar-refractivity contribution in [2.75, 3.05) is 6.54 Å². The summed E-state index contributed by atoms with van der Waals surface area (Å²) in [5.74, 6) is 1.28. The first-order chi connectivity index (χ1) is 13.0. The fourth-order valence-corrected chi connectivity index (χ4v) is 3.36. The van der Waals surface area contributed by atoms with E-state index < -0.39 is 0 Å². The third kappa shape index (κ3) is 4.57. The number of hydrogen-bond acceptors (Lipinski definition) is 3. The lowest BCUT2D eigenvalue weighted by molar-refractivity contribution is 0.432. The number of nitrogens with one attached hydrogen (secondary N) is 1. The highest BCUT2D eigenvalue weighted by Crippen LogP contribution is 2.21.